The number of carbonyl (C=O) groups is 2. The first-order valence-electron chi connectivity index (χ1n) is 9.27. The molecule has 3 heterocycles. The van der Waals surface area contributed by atoms with Gasteiger partial charge in [-0.15, -0.1) is 22.7 Å². The Bertz CT molecular complexity index is 973. The van der Waals surface area contributed by atoms with E-state index in [-0.39, 0.29) is 17.9 Å². The van der Waals surface area contributed by atoms with Gasteiger partial charge in [-0.1, -0.05) is 24.3 Å². The van der Waals surface area contributed by atoms with E-state index in [4.69, 9.17) is 0 Å². The number of aryl methyl sites for hydroxylation is 1. The summed E-state index contributed by atoms with van der Waals surface area (Å²) in [6, 6.07) is 11.7. The predicted octanol–water partition coefficient (Wildman–Crippen LogP) is 4.21. The van der Waals surface area contributed by atoms with Crippen molar-refractivity contribution in [2.75, 3.05) is 13.1 Å². The van der Waals surface area contributed by atoms with E-state index >= 15 is 0 Å². The molecule has 0 radical (unpaired) electrons. The summed E-state index contributed by atoms with van der Waals surface area (Å²) in [5, 5.41) is 7.84. The summed E-state index contributed by atoms with van der Waals surface area (Å²) in [6.07, 6.45) is 1.51. The zero-order valence-electron chi connectivity index (χ0n) is 15.6. The Hall–Kier alpha value is -2.51. The lowest BCUT2D eigenvalue weighted by molar-refractivity contribution is 0.0693. The quantitative estimate of drug-likeness (QED) is 0.699. The Labute approximate surface area is 172 Å². The van der Waals surface area contributed by atoms with Gasteiger partial charge < -0.3 is 10.2 Å². The van der Waals surface area contributed by atoms with E-state index in [0.717, 1.165) is 28.3 Å². The SMILES string of the molecule is Cc1ccccc1C(=O)NC1CCN(C(=O)c2csc(-c3cccs3)n2)CC1. The van der Waals surface area contributed by atoms with Crippen LogP contribution in [0.1, 0.15) is 39.3 Å². The Morgan fingerprint density at radius 1 is 1.11 bits per heavy atom. The van der Waals surface area contributed by atoms with Crippen LogP contribution < -0.4 is 5.32 Å². The normalized spacial score (nSPS) is 14.8. The number of nitrogens with one attached hydrogen (secondary N) is 1. The van der Waals surface area contributed by atoms with Crippen molar-refractivity contribution < 1.29 is 9.59 Å². The lowest BCUT2D eigenvalue weighted by Gasteiger charge is -2.32. The fourth-order valence-corrected chi connectivity index (χ4v) is 4.97. The molecule has 5 nitrogen and oxygen atoms in total. The first-order valence-corrected chi connectivity index (χ1v) is 11.0. The maximum atomic E-state index is 12.8. The van der Waals surface area contributed by atoms with E-state index in [9.17, 15) is 9.59 Å². The average Bonchev–Trinajstić information content (AvgIpc) is 3.40. The molecular formula is C21H21N3O2S2. The highest BCUT2D eigenvalue weighted by atomic mass is 32.1. The second-order valence-electron chi connectivity index (χ2n) is 6.87. The molecule has 0 bridgehead atoms. The Morgan fingerprint density at radius 2 is 1.89 bits per heavy atom. The number of hydrogen-bond acceptors (Lipinski definition) is 5. The molecule has 4 rings (SSSR count). The number of thiazole rings is 1. The van der Waals surface area contributed by atoms with Gasteiger partial charge in [0, 0.05) is 30.1 Å². The largest absolute Gasteiger partial charge is 0.349 e. The van der Waals surface area contributed by atoms with Gasteiger partial charge in [0.1, 0.15) is 10.7 Å². The van der Waals surface area contributed by atoms with E-state index in [1.807, 2.05) is 59.0 Å². The highest BCUT2D eigenvalue weighted by Crippen LogP contribution is 2.28. The molecule has 3 aromatic rings. The van der Waals surface area contributed by atoms with E-state index in [1.54, 1.807) is 11.3 Å². The van der Waals surface area contributed by atoms with E-state index in [0.29, 0.717) is 24.3 Å². The fraction of sp³-hybridized carbons (Fsp3) is 0.286. The molecule has 2 amide bonds. The zero-order valence-corrected chi connectivity index (χ0v) is 17.2. The van der Waals surface area contributed by atoms with Crippen molar-refractivity contribution in [1.29, 1.82) is 0 Å². The van der Waals surface area contributed by atoms with Gasteiger partial charge in [-0.3, -0.25) is 9.59 Å². The first kappa shape index (κ1) is 18.8. The molecule has 28 heavy (non-hydrogen) atoms. The minimum atomic E-state index is -0.0389. The summed E-state index contributed by atoms with van der Waals surface area (Å²) in [7, 11) is 0. The third-order valence-corrected chi connectivity index (χ3v) is 6.84. The van der Waals surface area contributed by atoms with Crippen molar-refractivity contribution in [2.24, 2.45) is 0 Å². The van der Waals surface area contributed by atoms with Crippen LogP contribution in [0, 0.1) is 6.92 Å². The Morgan fingerprint density at radius 3 is 2.61 bits per heavy atom. The molecule has 0 atom stereocenters. The van der Waals surface area contributed by atoms with Crippen LogP contribution in [-0.4, -0.2) is 40.8 Å². The van der Waals surface area contributed by atoms with E-state index < -0.39 is 0 Å². The number of carbonyl (C=O) groups excluding carboxylic acids is 2. The minimum Gasteiger partial charge on any atom is -0.349 e. The fourth-order valence-electron chi connectivity index (χ4n) is 3.37. The van der Waals surface area contributed by atoms with Gasteiger partial charge in [-0.2, -0.15) is 0 Å². The number of likely N-dealkylation sites (tertiary alicyclic amines) is 1. The van der Waals surface area contributed by atoms with Crippen molar-refractivity contribution in [1.82, 2.24) is 15.2 Å². The van der Waals surface area contributed by atoms with Gasteiger partial charge in [0.05, 0.1) is 4.88 Å². The summed E-state index contributed by atoms with van der Waals surface area (Å²) in [5.41, 5.74) is 2.19. The summed E-state index contributed by atoms with van der Waals surface area (Å²) < 4.78 is 0. The van der Waals surface area contributed by atoms with Crippen LogP contribution in [-0.2, 0) is 0 Å². The van der Waals surface area contributed by atoms with Crippen LogP contribution in [0.15, 0.2) is 47.2 Å². The highest BCUT2D eigenvalue weighted by molar-refractivity contribution is 7.20. The van der Waals surface area contributed by atoms with Crippen LogP contribution in [0.25, 0.3) is 9.88 Å². The second-order valence-corrected chi connectivity index (χ2v) is 8.68. The third kappa shape index (κ3) is 4.00. The second kappa shape index (κ2) is 8.24. The molecule has 0 aliphatic carbocycles. The summed E-state index contributed by atoms with van der Waals surface area (Å²) >= 11 is 3.13. The molecule has 1 fully saturated rings. The molecule has 0 spiro atoms. The summed E-state index contributed by atoms with van der Waals surface area (Å²) in [4.78, 5) is 32.7. The van der Waals surface area contributed by atoms with Crippen molar-refractivity contribution in [3.8, 4) is 9.88 Å². The van der Waals surface area contributed by atoms with Crippen LogP contribution in [0.4, 0.5) is 0 Å². The minimum absolute atomic E-state index is 0.0252. The molecule has 7 heteroatoms. The lowest BCUT2D eigenvalue weighted by atomic mass is 10.0. The van der Waals surface area contributed by atoms with Crippen LogP contribution in [0.2, 0.25) is 0 Å². The molecular weight excluding hydrogens is 390 g/mol. The van der Waals surface area contributed by atoms with Crippen molar-refractivity contribution in [3.05, 3.63) is 64.0 Å². The van der Waals surface area contributed by atoms with Crippen molar-refractivity contribution in [2.45, 2.75) is 25.8 Å². The predicted molar refractivity (Wildman–Crippen MR) is 113 cm³/mol. The van der Waals surface area contributed by atoms with Crippen LogP contribution >= 0.6 is 22.7 Å². The zero-order chi connectivity index (χ0) is 19.5. The maximum absolute atomic E-state index is 12.8. The Balaban J connectivity index is 1.33. The Kier molecular flexibility index (Phi) is 5.54. The maximum Gasteiger partial charge on any atom is 0.273 e. The number of aromatic nitrogens is 1. The number of nitrogens with zero attached hydrogens (tertiary/aromatic N) is 2. The van der Waals surface area contributed by atoms with Gasteiger partial charge in [-0.25, -0.2) is 4.98 Å². The molecule has 144 valence electrons. The molecule has 0 unspecified atom stereocenters. The van der Waals surface area contributed by atoms with E-state index in [2.05, 4.69) is 10.3 Å². The van der Waals surface area contributed by atoms with Gasteiger partial charge >= 0.3 is 0 Å². The summed E-state index contributed by atoms with van der Waals surface area (Å²) in [6.45, 7) is 3.20. The van der Waals surface area contributed by atoms with Gasteiger partial charge in [0.2, 0.25) is 0 Å². The first-order chi connectivity index (χ1) is 13.6. The van der Waals surface area contributed by atoms with Crippen LogP contribution in [0.3, 0.4) is 0 Å². The lowest BCUT2D eigenvalue weighted by Crippen LogP contribution is -2.46. The smallest absolute Gasteiger partial charge is 0.273 e. The molecule has 1 aliphatic rings. The van der Waals surface area contributed by atoms with Crippen molar-refractivity contribution in [3.63, 3.8) is 0 Å². The van der Waals surface area contributed by atoms with Crippen LogP contribution in [0.5, 0.6) is 0 Å². The summed E-state index contributed by atoms with van der Waals surface area (Å²) in [5.74, 6) is -0.0642. The monoisotopic (exact) mass is 411 g/mol. The van der Waals surface area contributed by atoms with Gasteiger partial charge in [-0.05, 0) is 42.8 Å². The molecule has 1 saturated heterocycles. The van der Waals surface area contributed by atoms with Crippen molar-refractivity contribution >= 4 is 34.5 Å². The molecule has 1 aliphatic heterocycles. The van der Waals surface area contributed by atoms with Gasteiger partial charge in [0.15, 0.2) is 0 Å². The van der Waals surface area contributed by atoms with E-state index in [1.165, 1.54) is 11.3 Å². The number of benzene rings is 1. The molecule has 2 aromatic heterocycles. The number of amides is 2. The average molecular weight is 412 g/mol. The topological polar surface area (TPSA) is 62.3 Å². The molecule has 1 aromatic carbocycles. The molecule has 1 N–H and O–H groups in total. The highest BCUT2D eigenvalue weighted by Gasteiger charge is 2.26. The third-order valence-electron chi connectivity index (χ3n) is 4.96. The standard InChI is InChI=1S/C21H21N3O2S2/c1-14-5-2-3-6-16(14)19(25)22-15-8-10-24(11-9-15)21(26)17-13-28-20(23-17)18-7-4-12-27-18/h2-7,12-13,15H,8-11H2,1H3,(H,22,25). The number of rotatable bonds is 4. The number of thiophene rings is 1. The number of piperidine rings is 1. The van der Waals surface area contributed by atoms with Gasteiger partial charge in [0.25, 0.3) is 11.8 Å². The number of hydrogen-bond donors (Lipinski definition) is 1. The molecule has 0 saturated carbocycles.